The van der Waals surface area contributed by atoms with Gasteiger partial charge in [-0.3, -0.25) is 4.68 Å². The Hall–Kier alpha value is -1.55. The van der Waals surface area contributed by atoms with Gasteiger partial charge in [-0.15, -0.1) is 0 Å². The summed E-state index contributed by atoms with van der Waals surface area (Å²) in [5.41, 5.74) is 2.35. The Kier molecular flexibility index (Phi) is 4.20. The van der Waals surface area contributed by atoms with Crippen molar-refractivity contribution >= 4 is 0 Å². The van der Waals surface area contributed by atoms with Gasteiger partial charge in [0.25, 0.3) is 0 Å². The summed E-state index contributed by atoms with van der Waals surface area (Å²) >= 11 is 0. The molecular formula is C14H21N3O. The predicted octanol–water partition coefficient (Wildman–Crippen LogP) is 2.08. The summed E-state index contributed by atoms with van der Waals surface area (Å²) in [5.74, 6) is 1.05. The molecule has 0 amide bonds. The van der Waals surface area contributed by atoms with Gasteiger partial charge >= 0.3 is 0 Å². The van der Waals surface area contributed by atoms with E-state index in [1.165, 1.54) is 5.69 Å². The Morgan fingerprint density at radius 1 is 1.50 bits per heavy atom. The van der Waals surface area contributed by atoms with Gasteiger partial charge < -0.3 is 9.73 Å². The number of rotatable bonds is 6. The van der Waals surface area contributed by atoms with Crippen LogP contribution in [0.15, 0.2) is 28.9 Å². The molecule has 2 heterocycles. The summed E-state index contributed by atoms with van der Waals surface area (Å²) < 4.78 is 7.33. The monoisotopic (exact) mass is 247 g/mol. The molecule has 0 aromatic carbocycles. The number of hydrogen-bond donors (Lipinski definition) is 1. The lowest BCUT2D eigenvalue weighted by Gasteiger charge is -2.15. The van der Waals surface area contributed by atoms with Crippen molar-refractivity contribution in [3.63, 3.8) is 0 Å². The molecule has 0 bridgehead atoms. The standard InChI is InChI=1S/C14H21N3O/c1-11-9-13(17(3)16-11)10-12(15-2)6-7-14-5-4-8-18-14/h4-5,8-9,12,15H,6-7,10H2,1-3H3. The van der Waals surface area contributed by atoms with E-state index in [2.05, 4.69) is 16.5 Å². The van der Waals surface area contributed by atoms with Gasteiger partial charge in [0.2, 0.25) is 0 Å². The highest BCUT2D eigenvalue weighted by Crippen LogP contribution is 2.11. The lowest BCUT2D eigenvalue weighted by molar-refractivity contribution is 0.454. The van der Waals surface area contributed by atoms with E-state index < -0.39 is 0 Å². The lowest BCUT2D eigenvalue weighted by atomic mass is 10.0. The first-order valence-corrected chi connectivity index (χ1v) is 6.38. The molecule has 0 saturated heterocycles. The van der Waals surface area contributed by atoms with Gasteiger partial charge in [-0.1, -0.05) is 0 Å². The molecule has 0 aliphatic carbocycles. The quantitative estimate of drug-likeness (QED) is 0.850. The molecule has 2 rings (SSSR count). The van der Waals surface area contributed by atoms with Crippen LogP contribution < -0.4 is 5.32 Å². The summed E-state index contributed by atoms with van der Waals surface area (Å²) in [5, 5.41) is 7.75. The first-order valence-electron chi connectivity index (χ1n) is 6.38. The Morgan fingerprint density at radius 3 is 2.89 bits per heavy atom. The molecule has 0 fully saturated rings. The van der Waals surface area contributed by atoms with Gasteiger partial charge in [-0.05, 0) is 38.6 Å². The SMILES string of the molecule is CNC(CCc1ccco1)Cc1cc(C)nn1C. The van der Waals surface area contributed by atoms with Crippen LogP contribution in [0.5, 0.6) is 0 Å². The summed E-state index contributed by atoms with van der Waals surface area (Å²) in [7, 11) is 4.01. The van der Waals surface area contributed by atoms with E-state index in [0.717, 1.165) is 30.7 Å². The first kappa shape index (κ1) is 12.9. The molecule has 1 unspecified atom stereocenters. The Bertz CT molecular complexity index is 473. The summed E-state index contributed by atoms with van der Waals surface area (Å²) in [6.07, 6.45) is 4.76. The molecule has 4 heteroatoms. The molecule has 2 aromatic heterocycles. The van der Waals surface area contributed by atoms with Crippen LogP contribution in [0.4, 0.5) is 0 Å². The minimum Gasteiger partial charge on any atom is -0.469 e. The van der Waals surface area contributed by atoms with Crippen LogP contribution in [0.25, 0.3) is 0 Å². The highest BCUT2D eigenvalue weighted by molar-refractivity contribution is 5.10. The van der Waals surface area contributed by atoms with Crippen LogP contribution in [-0.2, 0) is 19.9 Å². The zero-order chi connectivity index (χ0) is 13.0. The maximum absolute atomic E-state index is 5.36. The van der Waals surface area contributed by atoms with Crippen LogP contribution in [0, 0.1) is 6.92 Å². The maximum Gasteiger partial charge on any atom is 0.103 e. The average Bonchev–Trinajstić information content (AvgIpc) is 2.95. The fourth-order valence-electron chi connectivity index (χ4n) is 2.23. The van der Waals surface area contributed by atoms with Gasteiger partial charge in [-0.25, -0.2) is 0 Å². The van der Waals surface area contributed by atoms with Crippen LogP contribution in [-0.4, -0.2) is 22.9 Å². The highest BCUT2D eigenvalue weighted by atomic mass is 16.3. The number of nitrogens with zero attached hydrogens (tertiary/aromatic N) is 2. The normalized spacial score (nSPS) is 12.8. The third-order valence-corrected chi connectivity index (χ3v) is 3.28. The Labute approximate surface area is 108 Å². The molecule has 2 aromatic rings. The van der Waals surface area contributed by atoms with E-state index in [0.29, 0.717) is 6.04 Å². The average molecular weight is 247 g/mol. The van der Waals surface area contributed by atoms with Crippen LogP contribution in [0.2, 0.25) is 0 Å². The van der Waals surface area contributed by atoms with Gasteiger partial charge in [0, 0.05) is 31.6 Å². The van der Waals surface area contributed by atoms with Gasteiger partial charge in [0.15, 0.2) is 0 Å². The van der Waals surface area contributed by atoms with Crippen molar-refractivity contribution in [3.8, 4) is 0 Å². The van der Waals surface area contributed by atoms with Crippen LogP contribution in [0.1, 0.15) is 23.6 Å². The van der Waals surface area contributed by atoms with Gasteiger partial charge in [0.05, 0.1) is 12.0 Å². The molecule has 0 saturated carbocycles. The maximum atomic E-state index is 5.36. The second kappa shape index (κ2) is 5.87. The summed E-state index contributed by atoms with van der Waals surface area (Å²) in [6, 6.07) is 6.57. The topological polar surface area (TPSA) is 43.0 Å². The van der Waals surface area contributed by atoms with Crippen molar-refractivity contribution < 1.29 is 4.42 Å². The number of furan rings is 1. The zero-order valence-corrected chi connectivity index (χ0v) is 11.3. The molecule has 0 aliphatic rings. The fourth-order valence-corrected chi connectivity index (χ4v) is 2.23. The van der Waals surface area contributed by atoms with E-state index in [1.54, 1.807) is 6.26 Å². The third kappa shape index (κ3) is 3.23. The van der Waals surface area contributed by atoms with E-state index in [1.807, 2.05) is 37.8 Å². The van der Waals surface area contributed by atoms with E-state index in [4.69, 9.17) is 4.42 Å². The van der Waals surface area contributed by atoms with Crippen LogP contribution >= 0.6 is 0 Å². The predicted molar refractivity (Wildman–Crippen MR) is 71.5 cm³/mol. The second-order valence-electron chi connectivity index (χ2n) is 4.71. The smallest absolute Gasteiger partial charge is 0.103 e. The van der Waals surface area contributed by atoms with Crippen molar-refractivity contribution in [2.24, 2.45) is 7.05 Å². The van der Waals surface area contributed by atoms with Crippen LogP contribution in [0.3, 0.4) is 0 Å². The molecule has 0 aliphatic heterocycles. The van der Waals surface area contributed by atoms with Gasteiger partial charge in [0.1, 0.15) is 5.76 Å². The Morgan fingerprint density at radius 2 is 2.33 bits per heavy atom. The molecule has 0 spiro atoms. The van der Waals surface area contributed by atoms with E-state index in [9.17, 15) is 0 Å². The minimum absolute atomic E-state index is 0.449. The summed E-state index contributed by atoms with van der Waals surface area (Å²) in [4.78, 5) is 0. The van der Waals surface area contributed by atoms with Crippen molar-refractivity contribution in [1.29, 1.82) is 0 Å². The molecule has 18 heavy (non-hydrogen) atoms. The zero-order valence-electron chi connectivity index (χ0n) is 11.3. The lowest BCUT2D eigenvalue weighted by Crippen LogP contribution is -2.29. The number of likely N-dealkylation sites (N-methyl/N-ethyl adjacent to an activating group) is 1. The second-order valence-corrected chi connectivity index (χ2v) is 4.71. The fraction of sp³-hybridized carbons (Fsp3) is 0.500. The molecular weight excluding hydrogens is 226 g/mol. The molecule has 1 N–H and O–H groups in total. The first-order chi connectivity index (χ1) is 8.69. The van der Waals surface area contributed by atoms with Crippen molar-refractivity contribution in [2.45, 2.75) is 32.2 Å². The van der Waals surface area contributed by atoms with Crippen molar-refractivity contribution in [1.82, 2.24) is 15.1 Å². The largest absolute Gasteiger partial charge is 0.469 e. The minimum atomic E-state index is 0.449. The van der Waals surface area contributed by atoms with E-state index >= 15 is 0 Å². The molecule has 4 nitrogen and oxygen atoms in total. The Balaban J connectivity index is 1.91. The highest BCUT2D eigenvalue weighted by Gasteiger charge is 2.11. The number of aryl methyl sites for hydroxylation is 3. The van der Waals surface area contributed by atoms with Gasteiger partial charge in [-0.2, -0.15) is 5.10 Å². The number of aromatic nitrogens is 2. The van der Waals surface area contributed by atoms with Crippen molar-refractivity contribution in [3.05, 3.63) is 41.6 Å². The number of nitrogens with one attached hydrogen (secondary N) is 1. The molecule has 0 radical (unpaired) electrons. The van der Waals surface area contributed by atoms with Crippen molar-refractivity contribution in [2.75, 3.05) is 7.05 Å². The summed E-state index contributed by atoms with van der Waals surface area (Å²) in [6.45, 7) is 2.03. The molecule has 1 atom stereocenters. The van der Waals surface area contributed by atoms with E-state index in [-0.39, 0.29) is 0 Å². The number of hydrogen-bond acceptors (Lipinski definition) is 3. The third-order valence-electron chi connectivity index (χ3n) is 3.28. The molecule has 98 valence electrons.